The van der Waals surface area contributed by atoms with E-state index in [1.165, 1.54) is 12.8 Å². The van der Waals surface area contributed by atoms with Crippen molar-refractivity contribution in [3.8, 4) is 0 Å². The molecule has 0 aromatic rings. The SMILES string of the molecule is CN(C)P(=O)(N(C)C)N1CCCC1. The lowest BCUT2D eigenvalue weighted by Crippen LogP contribution is -2.33. The van der Waals surface area contributed by atoms with Crippen LogP contribution < -0.4 is 0 Å². The van der Waals surface area contributed by atoms with Gasteiger partial charge < -0.3 is 0 Å². The van der Waals surface area contributed by atoms with Crippen molar-refractivity contribution < 1.29 is 4.57 Å². The molecular weight excluding hydrogens is 185 g/mol. The molecule has 0 radical (unpaired) electrons. The Morgan fingerprint density at radius 2 is 1.38 bits per heavy atom. The van der Waals surface area contributed by atoms with Gasteiger partial charge in [-0.05, 0) is 41.0 Å². The molecule has 1 rings (SSSR count). The molecule has 0 N–H and O–H groups in total. The lowest BCUT2D eigenvalue weighted by molar-refractivity contribution is 0.360. The van der Waals surface area contributed by atoms with Crippen molar-refractivity contribution in [2.45, 2.75) is 12.8 Å². The molecule has 0 bridgehead atoms. The van der Waals surface area contributed by atoms with Crippen LogP contribution in [0.2, 0.25) is 0 Å². The Bertz CT molecular complexity index is 199. The predicted octanol–water partition coefficient (Wildman–Crippen LogP) is 1.31. The summed E-state index contributed by atoms with van der Waals surface area (Å²) in [5.41, 5.74) is 0. The molecular formula is C8H20N3OP. The summed E-state index contributed by atoms with van der Waals surface area (Å²) in [6, 6.07) is 0. The number of nitrogens with zero attached hydrogens (tertiary/aromatic N) is 3. The lowest BCUT2D eigenvalue weighted by atomic mass is 10.4. The van der Waals surface area contributed by atoms with Crippen molar-refractivity contribution in [1.29, 1.82) is 0 Å². The summed E-state index contributed by atoms with van der Waals surface area (Å²) in [4.78, 5) is 0. The van der Waals surface area contributed by atoms with Gasteiger partial charge in [0.05, 0.1) is 0 Å². The Balaban J connectivity index is 2.83. The zero-order valence-electron chi connectivity index (χ0n) is 9.03. The van der Waals surface area contributed by atoms with Crippen LogP contribution in [0.5, 0.6) is 0 Å². The Kier molecular flexibility index (Phi) is 3.52. The minimum absolute atomic E-state index is 0.966. The number of hydrogen-bond acceptors (Lipinski definition) is 1. The van der Waals surface area contributed by atoms with Gasteiger partial charge in [-0.3, -0.25) is 4.57 Å². The summed E-state index contributed by atoms with van der Waals surface area (Å²) in [7, 11) is 5.14. The molecule has 0 amide bonds. The van der Waals surface area contributed by atoms with Crippen molar-refractivity contribution in [3.63, 3.8) is 0 Å². The average molecular weight is 205 g/mol. The van der Waals surface area contributed by atoms with Crippen LogP contribution in [0.15, 0.2) is 0 Å². The van der Waals surface area contributed by atoms with Crippen LogP contribution >= 0.6 is 7.59 Å². The molecule has 5 heteroatoms. The Labute approximate surface area is 81.0 Å². The van der Waals surface area contributed by atoms with Gasteiger partial charge >= 0.3 is 0 Å². The molecule has 0 aromatic heterocycles. The van der Waals surface area contributed by atoms with Gasteiger partial charge in [0.25, 0.3) is 7.59 Å². The summed E-state index contributed by atoms with van der Waals surface area (Å²) in [6.07, 6.45) is 2.34. The quantitative estimate of drug-likeness (QED) is 0.649. The first-order valence-electron chi connectivity index (χ1n) is 4.70. The molecule has 0 aliphatic carbocycles. The zero-order chi connectivity index (χ0) is 10.1. The average Bonchev–Trinajstić information content (AvgIpc) is 2.54. The Morgan fingerprint density at radius 3 is 1.69 bits per heavy atom. The fourth-order valence-electron chi connectivity index (χ4n) is 1.82. The first-order valence-corrected chi connectivity index (χ1v) is 6.27. The van der Waals surface area contributed by atoms with Gasteiger partial charge in [0.15, 0.2) is 0 Å². The molecule has 1 saturated heterocycles. The summed E-state index contributed by atoms with van der Waals surface area (Å²) >= 11 is 0. The van der Waals surface area contributed by atoms with Crippen LogP contribution in [0.4, 0.5) is 0 Å². The minimum atomic E-state index is -2.41. The van der Waals surface area contributed by atoms with E-state index in [4.69, 9.17) is 0 Å². The predicted molar refractivity (Wildman–Crippen MR) is 55.8 cm³/mol. The van der Waals surface area contributed by atoms with Gasteiger partial charge in [0, 0.05) is 13.1 Å². The highest BCUT2D eigenvalue weighted by atomic mass is 31.2. The van der Waals surface area contributed by atoms with E-state index in [9.17, 15) is 4.57 Å². The minimum Gasteiger partial charge on any atom is -0.270 e. The van der Waals surface area contributed by atoms with E-state index in [0.717, 1.165) is 13.1 Å². The number of hydrogen-bond donors (Lipinski definition) is 0. The van der Waals surface area contributed by atoms with Gasteiger partial charge in [-0.25, -0.2) is 14.0 Å². The molecule has 4 nitrogen and oxygen atoms in total. The van der Waals surface area contributed by atoms with Crippen LogP contribution in [0.1, 0.15) is 12.8 Å². The van der Waals surface area contributed by atoms with E-state index in [-0.39, 0.29) is 0 Å². The molecule has 1 fully saturated rings. The molecule has 0 unspecified atom stereocenters. The van der Waals surface area contributed by atoms with E-state index in [2.05, 4.69) is 4.67 Å². The third kappa shape index (κ3) is 1.96. The maximum Gasteiger partial charge on any atom is 0.285 e. The van der Waals surface area contributed by atoms with E-state index in [1.54, 1.807) is 0 Å². The van der Waals surface area contributed by atoms with Crippen molar-refractivity contribution in [1.82, 2.24) is 14.0 Å². The largest absolute Gasteiger partial charge is 0.285 e. The lowest BCUT2D eigenvalue weighted by Gasteiger charge is -2.36. The van der Waals surface area contributed by atoms with Crippen LogP contribution in [0.25, 0.3) is 0 Å². The van der Waals surface area contributed by atoms with Crippen LogP contribution in [0, 0.1) is 0 Å². The highest BCUT2D eigenvalue weighted by molar-refractivity contribution is 7.56. The van der Waals surface area contributed by atoms with Gasteiger partial charge in [-0.2, -0.15) is 0 Å². The molecule has 0 spiro atoms. The van der Waals surface area contributed by atoms with Gasteiger partial charge in [-0.1, -0.05) is 0 Å². The third-order valence-electron chi connectivity index (χ3n) is 2.49. The Morgan fingerprint density at radius 1 is 1.00 bits per heavy atom. The van der Waals surface area contributed by atoms with Gasteiger partial charge in [0.2, 0.25) is 0 Å². The zero-order valence-corrected chi connectivity index (χ0v) is 9.92. The van der Waals surface area contributed by atoms with Gasteiger partial charge in [0.1, 0.15) is 0 Å². The molecule has 0 atom stereocenters. The highest BCUT2D eigenvalue weighted by Gasteiger charge is 2.36. The second-order valence-electron chi connectivity index (χ2n) is 3.87. The monoisotopic (exact) mass is 205 g/mol. The standard InChI is InChI=1S/C8H20N3OP/c1-9(2)13(12,10(3)4)11-7-5-6-8-11/h5-8H2,1-4H3. The topological polar surface area (TPSA) is 26.8 Å². The molecule has 1 aliphatic heterocycles. The van der Waals surface area contributed by atoms with Crippen LogP contribution in [0.3, 0.4) is 0 Å². The fourth-order valence-corrected chi connectivity index (χ4v) is 4.36. The van der Waals surface area contributed by atoms with Gasteiger partial charge in [-0.15, -0.1) is 0 Å². The Hall–Kier alpha value is 0.110. The second kappa shape index (κ2) is 4.09. The van der Waals surface area contributed by atoms with Crippen LogP contribution in [-0.4, -0.2) is 55.3 Å². The maximum atomic E-state index is 12.6. The molecule has 78 valence electrons. The van der Waals surface area contributed by atoms with E-state index in [1.807, 2.05) is 37.5 Å². The second-order valence-corrected chi connectivity index (χ2v) is 7.06. The first kappa shape index (κ1) is 11.2. The van der Waals surface area contributed by atoms with Crippen molar-refractivity contribution in [2.75, 3.05) is 41.3 Å². The molecule has 1 heterocycles. The highest BCUT2D eigenvalue weighted by Crippen LogP contribution is 2.54. The molecule has 0 saturated carbocycles. The van der Waals surface area contributed by atoms with E-state index < -0.39 is 7.59 Å². The first-order chi connectivity index (χ1) is 5.99. The molecule has 0 aromatic carbocycles. The molecule has 1 aliphatic rings. The van der Waals surface area contributed by atoms with Crippen molar-refractivity contribution in [3.05, 3.63) is 0 Å². The van der Waals surface area contributed by atoms with Crippen molar-refractivity contribution >= 4 is 7.59 Å². The summed E-state index contributed by atoms with van der Waals surface area (Å²) in [5.74, 6) is 0. The number of rotatable bonds is 3. The maximum absolute atomic E-state index is 12.6. The normalized spacial score (nSPS) is 20.5. The van der Waals surface area contributed by atoms with E-state index >= 15 is 0 Å². The summed E-state index contributed by atoms with van der Waals surface area (Å²) < 4.78 is 18.4. The summed E-state index contributed by atoms with van der Waals surface area (Å²) in [6.45, 7) is 1.93. The van der Waals surface area contributed by atoms with Crippen molar-refractivity contribution in [2.24, 2.45) is 0 Å². The molecule has 13 heavy (non-hydrogen) atoms. The third-order valence-corrected chi connectivity index (χ3v) is 5.71. The van der Waals surface area contributed by atoms with Crippen LogP contribution in [-0.2, 0) is 4.57 Å². The van der Waals surface area contributed by atoms with E-state index in [0.29, 0.717) is 0 Å². The fraction of sp³-hybridized carbons (Fsp3) is 1.00. The summed E-state index contributed by atoms with van der Waals surface area (Å²) in [5, 5.41) is 0. The smallest absolute Gasteiger partial charge is 0.270 e.